The van der Waals surface area contributed by atoms with E-state index in [2.05, 4.69) is 26.1 Å². The van der Waals surface area contributed by atoms with Crippen LogP contribution in [0.5, 0.6) is 5.75 Å². The summed E-state index contributed by atoms with van der Waals surface area (Å²) in [5, 5.41) is 13.6. The molecule has 0 saturated heterocycles. The molecule has 1 fully saturated rings. The first-order valence-corrected chi connectivity index (χ1v) is 13.8. The lowest BCUT2D eigenvalue weighted by Gasteiger charge is -2.30. The van der Waals surface area contributed by atoms with Crippen molar-refractivity contribution in [3.63, 3.8) is 0 Å². The molecule has 0 amide bonds. The van der Waals surface area contributed by atoms with Crippen LogP contribution in [-0.4, -0.2) is 51.9 Å². The van der Waals surface area contributed by atoms with Gasteiger partial charge >= 0.3 is 0 Å². The average molecular weight is 495 g/mol. The van der Waals surface area contributed by atoms with E-state index in [9.17, 15) is 8.42 Å². The van der Waals surface area contributed by atoms with Crippen molar-refractivity contribution in [2.75, 3.05) is 18.1 Å². The zero-order chi connectivity index (χ0) is 24.6. The highest BCUT2D eigenvalue weighted by molar-refractivity contribution is 7.90. The van der Waals surface area contributed by atoms with Crippen molar-refractivity contribution < 1.29 is 13.2 Å². The third-order valence-corrected chi connectivity index (χ3v) is 7.60. The fourth-order valence-electron chi connectivity index (χ4n) is 4.79. The fraction of sp³-hybridized carbons (Fsp3) is 0.400. The van der Waals surface area contributed by atoms with Gasteiger partial charge in [-0.2, -0.15) is 10.2 Å². The van der Waals surface area contributed by atoms with Crippen LogP contribution in [0.1, 0.15) is 38.6 Å². The van der Waals surface area contributed by atoms with Crippen molar-refractivity contribution in [2.45, 2.75) is 49.6 Å². The number of para-hydroxylation sites is 1. The van der Waals surface area contributed by atoms with Gasteiger partial charge in [-0.25, -0.2) is 13.4 Å². The molecule has 1 saturated carbocycles. The standard InChI is InChI=1S/C25H30N6O3S/c1-4-26-24-13-21-20(15-27-24)25(17-14-28-30(2)16-17)29-31(21)18-9-11-19(12-10-18)34-22-7-5-6-8-23(22)35(3,32)33/h5-8,13-16,18-19H,4,9-12H2,1-3H3,(H,26,27)/t18-,19+. The highest BCUT2D eigenvalue weighted by atomic mass is 32.2. The van der Waals surface area contributed by atoms with E-state index in [-0.39, 0.29) is 17.0 Å². The number of nitrogens with one attached hydrogen (secondary N) is 1. The number of pyridine rings is 1. The lowest BCUT2D eigenvalue weighted by atomic mass is 9.93. The fourth-order valence-corrected chi connectivity index (χ4v) is 5.59. The molecule has 5 rings (SSSR count). The van der Waals surface area contributed by atoms with Gasteiger partial charge in [-0.05, 0) is 44.7 Å². The zero-order valence-corrected chi connectivity index (χ0v) is 21.0. The van der Waals surface area contributed by atoms with Crippen molar-refractivity contribution in [2.24, 2.45) is 7.05 Å². The molecular formula is C25H30N6O3S. The van der Waals surface area contributed by atoms with E-state index in [1.807, 2.05) is 32.6 Å². The molecule has 1 N–H and O–H groups in total. The summed E-state index contributed by atoms with van der Waals surface area (Å²) in [4.78, 5) is 4.81. The van der Waals surface area contributed by atoms with Crippen LogP contribution in [0.4, 0.5) is 5.82 Å². The molecule has 0 unspecified atom stereocenters. The van der Waals surface area contributed by atoms with Crippen LogP contribution >= 0.6 is 0 Å². The van der Waals surface area contributed by atoms with Crippen molar-refractivity contribution in [1.82, 2.24) is 24.5 Å². The Morgan fingerprint density at radius 2 is 1.91 bits per heavy atom. The van der Waals surface area contributed by atoms with Crippen LogP contribution in [-0.2, 0) is 16.9 Å². The van der Waals surface area contributed by atoms with Gasteiger partial charge in [0.1, 0.15) is 22.2 Å². The molecule has 0 atom stereocenters. The zero-order valence-electron chi connectivity index (χ0n) is 20.2. The number of hydrogen-bond donors (Lipinski definition) is 1. The summed E-state index contributed by atoms with van der Waals surface area (Å²) < 4.78 is 34.4. The summed E-state index contributed by atoms with van der Waals surface area (Å²) >= 11 is 0. The Labute approximate surface area is 205 Å². The molecule has 0 radical (unpaired) electrons. The third kappa shape index (κ3) is 4.75. The first kappa shape index (κ1) is 23.3. The van der Waals surface area contributed by atoms with E-state index in [0.717, 1.165) is 60.2 Å². The van der Waals surface area contributed by atoms with Crippen molar-refractivity contribution in [3.8, 4) is 17.0 Å². The van der Waals surface area contributed by atoms with E-state index in [0.29, 0.717) is 5.75 Å². The van der Waals surface area contributed by atoms with Crippen molar-refractivity contribution in [3.05, 3.63) is 48.9 Å². The lowest BCUT2D eigenvalue weighted by Crippen LogP contribution is -2.26. The SMILES string of the molecule is CCNc1cc2c(cn1)c(-c1cnn(C)c1)nn2[C@H]1CC[C@@H](Oc2ccccc2S(C)(=O)=O)CC1. The Morgan fingerprint density at radius 1 is 1.14 bits per heavy atom. The molecule has 0 bridgehead atoms. The van der Waals surface area contributed by atoms with Gasteiger partial charge in [0.2, 0.25) is 0 Å². The number of aromatic nitrogens is 5. The number of anilines is 1. The molecule has 3 heterocycles. The van der Waals surface area contributed by atoms with Crippen LogP contribution < -0.4 is 10.1 Å². The van der Waals surface area contributed by atoms with Crippen LogP contribution in [0.2, 0.25) is 0 Å². The second kappa shape index (κ2) is 9.33. The molecule has 184 valence electrons. The predicted octanol–water partition coefficient (Wildman–Crippen LogP) is 4.23. The number of benzene rings is 1. The van der Waals surface area contributed by atoms with E-state index in [1.54, 1.807) is 28.9 Å². The maximum absolute atomic E-state index is 12.1. The molecule has 4 aromatic rings. The Hall–Kier alpha value is -3.40. The highest BCUT2D eigenvalue weighted by Gasteiger charge is 2.28. The molecule has 10 heteroatoms. The van der Waals surface area contributed by atoms with Gasteiger partial charge in [-0.15, -0.1) is 0 Å². The molecule has 35 heavy (non-hydrogen) atoms. The molecule has 0 aliphatic heterocycles. The molecule has 3 aromatic heterocycles. The Bertz CT molecular complexity index is 1450. The summed E-state index contributed by atoms with van der Waals surface area (Å²) in [5.74, 6) is 1.26. The van der Waals surface area contributed by atoms with Crippen molar-refractivity contribution in [1.29, 1.82) is 0 Å². The van der Waals surface area contributed by atoms with Gasteiger partial charge in [0.25, 0.3) is 0 Å². The largest absolute Gasteiger partial charge is 0.489 e. The maximum atomic E-state index is 12.1. The maximum Gasteiger partial charge on any atom is 0.179 e. The van der Waals surface area contributed by atoms with Gasteiger partial charge in [0.15, 0.2) is 9.84 Å². The lowest BCUT2D eigenvalue weighted by molar-refractivity contribution is 0.127. The summed E-state index contributed by atoms with van der Waals surface area (Å²) in [6, 6.07) is 9.14. The van der Waals surface area contributed by atoms with Gasteiger partial charge in [0, 0.05) is 49.3 Å². The molecule has 0 spiro atoms. The average Bonchev–Trinajstić information content (AvgIpc) is 3.43. The molecule has 1 aliphatic carbocycles. The number of fused-ring (bicyclic) bond motifs is 1. The number of nitrogens with zero attached hydrogens (tertiary/aromatic N) is 5. The van der Waals surface area contributed by atoms with Gasteiger partial charge < -0.3 is 10.1 Å². The predicted molar refractivity (Wildman–Crippen MR) is 135 cm³/mol. The Kier molecular flexibility index (Phi) is 6.22. The molecule has 1 aromatic carbocycles. The topological polar surface area (TPSA) is 104 Å². The van der Waals surface area contributed by atoms with Gasteiger partial charge in [0.05, 0.1) is 23.9 Å². The first-order valence-electron chi connectivity index (χ1n) is 11.9. The van der Waals surface area contributed by atoms with Crippen LogP contribution in [0.25, 0.3) is 22.2 Å². The van der Waals surface area contributed by atoms with Crippen LogP contribution in [0, 0.1) is 0 Å². The first-order chi connectivity index (χ1) is 16.8. The van der Waals surface area contributed by atoms with E-state index < -0.39 is 9.84 Å². The smallest absolute Gasteiger partial charge is 0.179 e. The monoisotopic (exact) mass is 494 g/mol. The number of sulfone groups is 1. The number of ether oxygens (including phenoxy) is 1. The molecule has 1 aliphatic rings. The summed E-state index contributed by atoms with van der Waals surface area (Å²) in [6.07, 6.45) is 10.3. The highest BCUT2D eigenvalue weighted by Crippen LogP contribution is 2.37. The molecule has 9 nitrogen and oxygen atoms in total. The van der Waals surface area contributed by atoms with E-state index in [1.165, 1.54) is 6.26 Å². The Morgan fingerprint density at radius 3 is 2.60 bits per heavy atom. The van der Waals surface area contributed by atoms with Gasteiger partial charge in [-0.1, -0.05) is 12.1 Å². The summed E-state index contributed by atoms with van der Waals surface area (Å²) in [6.45, 7) is 2.84. The van der Waals surface area contributed by atoms with Crippen LogP contribution in [0.15, 0.2) is 53.8 Å². The van der Waals surface area contributed by atoms with Gasteiger partial charge in [-0.3, -0.25) is 9.36 Å². The second-order valence-corrected chi connectivity index (χ2v) is 11.1. The van der Waals surface area contributed by atoms with E-state index >= 15 is 0 Å². The second-order valence-electron chi connectivity index (χ2n) is 9.08. The van der Waals surface area contributed by atoms with Crippen molar-refractivity contribution >= 4 is 26.6 Å². The number of hydrogen-bond acceptors (Lipinski definition) is 7. The van der Waals surface area contributed by atoms with Crippen LogP contribution in [0.3, 0.4) is 0 Å². The normalized spacial score (nSPS) is 18.6. The summed E-state index contributed by atoms with van der Waals surface area (Å²) in [7, 11) is -1.45. The quantitative estimate of drug-likeness (QED) is 0.410. The Balaban J connectivity index is 1.40. The number of aryl methyl sites for hydroxylation is 1. The molecular weight excluding hydrogens is 464 g/mol. The minimum Gasteiger partial charge on any atom is -0.489 e. The summed E-state index contributed by atoms with van der Waals surface area (Å²) in [5.41, 5.74) is 2.88. The minimum atomic E-state index is -3.35. The minimum absolute atomic E-state index is 0.0345. The van der Waals surface area contributed by atoms with E-state index in [4.69, 9.17) is 9.84 Å². The number of rotatable bonds is 7. The third-order valence-electron chi connectivity index (χ3n) is 6.46.